The summed E-state index contributed by atoms with van der Waals surface area (Å²) in [5, 5.41) is 0. The van der Waals surface area contributed by atoms with Crippen LogP contribution >= 0.6 is 0 Å². The van der Waals surface area contributed by atoms with Crippen molar-refractivity contribution in [3.63, 3.8) is 0 Å². The number of halogens is 4. The highest BCUT2D eigenvalue weighted by Crippen LogP contribution is 2.34. The monoisotopic (exact) mass is 528 g/mol. The minimum Gasteiger partial charge on any atom is -0.486 e. The summed E-state index contributed by atoms with van der Waals surface area (Å²) in [5.41, 5.74) is 1.11. The molecule has 38 heavy (non-hydrogen) atoms. The van der Waals surface area contributed by atoms with Gasteiger partial charge in [0.15, 0.2) is 29.5 Å². The third-order valence-corrected chi connectivity index (χ3v) is 6.72. The molecule has 0 radical (unpaired) electrons. The Labute approximate surface area is 221 Å². The summed E-state index contributed by atoms with van der Waals surface area (Å²) in [6.07, 6.45) is 6.37. The van der Waals surface area contributed by atoms with E-state index in [1.165, 1.54) is 42.8 Å². The van der Waals surface area contributed by atoms with Crippen LogP contribution in [0.3, 0.4) is 0 Å². The predicted octanol–water partition coefficient (Wildman–Crippen LogP) is 8.57. The number of unbranched alkanes of at least 4 members (excludes halogenated alkanes) is 3. The molecule has 1 aliphatic heterocycles. The maximum Gasteiger partial charge on any atom is 0.201 e. The first kappa shape index (κ1) is 27.9. The molecule has 0 unspecified atom stereocenters. The molecule has 3 aromatic rings. The Morgan fingerprint density at radius 2 is 1.39 bits per heavy atom. The fraction of sp³-hybridized carbons (Fsp3) is 0.355. The van der Waals surface area contributed by atoms with Gasteiger partial charge in [-0.3, -0.25) is 0 Å². The molecule has 0 bridgehead atoms. The van der Waals surface area contributed by atoms with Gasteiger partial charge in [0.2, 0.25) is 5.82 Å². The molecule has 0 N–H and O–H groups in total. The lowest BCUT2D eigenvalue weighted by Gasteiger charge is -2.30. The van der Waals surface area contributed by atoms with E-state index < -0.39 is 29.2 Å². The van der Waals surface area contributed by atoms with Crippen LogP contribution < -0.4 is 4.74 Å². The molecule has 1 heterocycles. The standard InChI is InChI=1S/C31H32F4O3/c1-3-5-6-7-8-27-37-18-22(19-38-27)25-14-13-23(28(32)29(25)33)20-9-11-21(12-10-20)24-15-16-26(36-17-4-2)31(35)30(24)34/h4,9-16,22,27H,2-3,5-8,17-19H2,1H3. The van der Waals surface area contributed by atoms with Crippen molar-refractivity contribution in [1.29, 1.82) is 0 Å². The van der Waals surface area contributed by atoms with Gasteiger partial charge < -0.3 is 14.2 Å². The van der Waals surface area contributed by atoms with Gasteiger partial charge in [-0.1, -0.05) is 75.2 Å². The molecule has 1 saturated heterocycles. The average Bonchev–Trinajstić information content (AvgIpc) is 2.94. The highest BCUT2D eigenvalue weighted by atomic mass is 19.2. The second kappa shape index (κ2) is 13.1. The number of hydrogen-bond acceptors (Lipinski definition) is 3. The van der Waals surface area contributed by atoms with Crippen LogP contribution in [0.2, 0.25) is 0 Å². The maximum atomic E-state index is 15.1. The van der Waals surface area contributed by atoms with E-state index in [4.69, 9.17) is 14.2 Å². The zero-order valence-corrected chi connectivity index (χ0v) is 21.5. The van der Waals surface area contributed by atoms with Crippen molar-refractivity contribution >= 4 is 0 Å². The Morgan fingerprint density at radius 1 is 0.789 bits per heavy atom. The van der Waals surface area contributed by atoms with Gasteiger partial charge in [0, 0.05) is 17.0 Å². The lowest BCUT2D eigenvalue weighted by Crippen LogP contribution is -2.31. The van der Waals surface area contributed by atoms with E-state index >= 15 is 8.78 Å². The van der Waals surface area contributed by atoms with Crippen LogP contribution in [0.25, 0.3) is 22.3 Å². The third kappa shape index (κ3) is 6.27. The second-order valence-electron chi connectivity index (χ2n) is 9.39. The summed E-state index contributed by atoms with van der Waals surface area (Å²) >= 11 is 0. The zero-order valence-electron chi connectivity index (χ0n) is 21.5. The van der Waals surface area contributed by atoms with Crippen LogP contribution in [0.4, 0.5) is 17.6 Å². The summed E-state index contributed by atoms with van der Waals surface area (Å²) in [4.78, 5) is 0. The van der Waals surface area contributed by atoms with Crippen molar-refractivity contribution in [2.75, 3.05) is 19.8 Å². The lowest BCUT2D eigenvalue weighted by molar-refractivity contribution is -0.190. The van der Waals surface area contributed by atoms with Gasteiger partial charge in [-0.2, -0.15) is 4.39 Å². The molecular weight excluding hydrogens is 496 g/mol. The van der Waals surface area contributed by atoms with E-state index in [1.807, 2.05) is 0 Å². The van der Waals surface area contributed by atoms with E-state index in [-0.39, 0.29) is 48.6 Å². The van der Waals surface area contributed by atoms with Crippen molar-refractivity contribution in [3.8, 4) is 28.0 Å². The SMILES string of the molecule is C=CCOc1ccc(-c2ccc(-c3ccc(C4COC(CCCCCC)OC4)c(F)c3F)cc2)c(F)c1F. The third-order valence-electron chi connectivity index (χ3n) is 6.72. The molecule has 202 valence electrons. The van der Waals surface area contributed by atoms with E-state index in [1.54, 1.807) is 18.2 Å². The van der Waals surface area contributed by atoms with Crippen molar-refractivity contribution in [3.05, 3.63) is 90.0 Å². The first-order chi connectivity index (χ1) is 18.4. The highest BCUT2D eigenvalue weighted by molar-refractivity contribution is 5.72. The van der Waals surface area contributed by atoms with Gasteiger partial charge >= 0.3 is 0 Å². The first-order valence-electron chi connectivity index (χ1n) is 13.0. The summed E-state index contributed by atoms with van der Waals surface area (Å²) in [7, 11) is 0. The van der Waals surface area contributed by atoms with Crippen LogP contribution in [-0.4, -0.2) is 26.1 Å². The second-order valence-corrected chi connectivity index (χ2v) is 9.39. The van der Waals surface area contributed by atoms with Crippen molar-refractivity contribution in [2.24, 2.45) is 0 Å². The molecule has 3 aromatic carbocycles. The smallest absolute Gasteiger partial charge is 0.201 e. The number of ether oxygens (including phenoxy) is 3. The molecule has 0 aliphatic carbocycles. The van der Waals surface area contributed by atoms with E-state index in [0.717, 1.165) is 25.7 Å². The van der Waals surface area contributed by atoms with Gasteiger partial charge in [0.1, 0.15) is 6.61 Å². The Balaban J connectivity index is 1.46. The molecule has 1 aliphatic rings. The minimum absolute atomic E-state index is 0.0305. The fourth-order valence-electron chi connectivity index (χ4n) is 4.57. The van der Waals surface area contributed by atoms with E-state index in [0.29, 0.717) is 11.1 Å². The maximum absolute atomic E-state index is 15.1. The molecule has 0 amide bonds. The van der Waals surface area contributed by atoms with Crippen LogP contribution in [0, 0.1) is 23.3 Å². The molecule has 0 spiro atoms. The molecule has 0 aromatic heterocycles. The Kier molecular flexibility index (Phi) is 9.58. The molecule has 7 heteroatoms. The molecule has 1 fully saturated rings. The van der Waals surface area contributed by atoms with Gasteiger partial charge in [-0.15, -0.1) is 0 Å². The summed E-state index contributed by atoms with van der Waals surface area (Å²) in [6.45, 7) is 6.21. The number of rotatable bonds is 11. The van der Waals surface area contributed by atoms with Crippen molar-refractivity contribution in [1.82, 2.24) is 0 Å². The van der Waals surface area contributed by atoms with Crippen LogP contribution in [-0.2, 0) is 9.47 Å². The van der Waals surface area contributed by atoms with Crippen molar-refractivity contribution in [2.45, 2.75) is 51.2 Å². The summed E-state index contributed by atoms with van der Waals surface area (Å²) in [5.74, 6) is -4.68. The van der Waals surface area contributed by atoms with Crippen molar-refractivity contribution < 1.29 is 31.8 Å². The first-order valence-corrected chi connectivity index (χ1v) is 13.0. The summed E-state index contributed by atoms with van der Waals surface area (Å²) < 4.78 is 75.8. The Hall–Kier alpha value is -3.16. The summed E-state index contributed by atoms with van der Waals surface area (Å²) in [6, 6.07) is 12.0. The Morgan fingerprint density at radius 3 is 2.00 bits per heavy atom. The van der Waals surface area contributed by atoms with Crippen LogP contribution in [0.1, 0.15) is 50.5 Å². The van der Waals surface area contributed by atoms with Crippen LogP contribution in [0.5, 0.6) is 5.75 Å². The Bertz CT molecular complexity index is 1230. The van der Waals surface area contributed by atoms with Gasteiger partial charge in [0.05, 0.1) is 13.2 Å². The topological polar surface area (TPSA) is 27.7 Å². The molecule has 3 nitrogen and oxygen atoms in total. The van der Waals surface area contributed by atoms with Gasteiger partial charge in [-0.25, -0.2) is 13.2 Å². The largest absolute Gasteiger partial charge is 0.486 e. The van der Waals surface area contributed by atoms with E-state index in [9.17, 15) is 8.78 Å². The minimum atomic E-state index is -1.10. The van der Waals surface area contributed by atoms with Gasteiger partial charge in [0.25, 0.3) is 0 Å². The number of benzene rings is 3. The van der Waals surface area contributed by atoms with E-state index in [2.05, 4.69) is 13.5 Å². The quantitative estimate of drug-likeness (QED) is 0.142. The molecule has 0 atom stereocenters. The highest BCUT2D eigenvalue weighted by Gasteiger charge is 2.27. The lowest BCUT2D eigenvalue weighted by atomic mass is 9.94. The normalized spacial score (nSPS) is 17.4. The number of hydrogen-bond donors (Lipinski definition) is 0. The predicted molar refractivity (Wildman–Crippen MR) is 140 cm³/mol. The molecule has 0 saturated carbocycles. The average molecular weight is 529 g/mol. The zero-order chi connectivity index (χ0) is 27.1. The molecular formula is C31H32F4O3. The van der Waals surface area contributed by atoms with Crippen LogP contribution in [0.15, 0.2) is 61.2 Å². The molecule has 4 rings (SSSR count). The van der Waals surface area contributed by atoms with Gasteiger partial charge in [-0.05, 0) is 41.7 Å². The fourth-order valence-corrected chi connectivity index (χ4v) is 4.57.